The number of sulfonamides is 1. The Morgan fingerprint density at radius 1 is 0.963 bits per heavy atom. The Kier molecular flexibility index (Phi) is 5.17. The molecular formula is C16H30N4O5S2. The van der Waals surface area contributed by atoms with Gasteiger partial charge in [-0.1, -0.05) is 0 Å². The van der Waals surface area contributed by atoms with E-state index in [-0.39, 0.29) is 12.5 Å². The smallest absolute Gasteiger partial charge is 0.281 e. The first-order valence-corrected chi connectivity index (χ1v) is 12.6. The van der Waals surface area contributed by atoms with Crippen molar-refractivity contribution in [1.29, 1.82) is 0 Å². The highest BCUT2D eigenvalue weighted by Crippen LogP contribution is 2.58. The van der Waals surface area contributed by atoms with Gasteiger partial charge >= 0.3 is 0 Å². The molecule has 0 saturated carbocycles. The van der Waals surface area contributed by atoms with Gasteiger partial charge in [0.05, 0.1) is 11.7 Å². The molecule has 3 rings (SSSR count). The number of hydrogen-bond donors (Lipinski definition) is 0. The van der Waals surface area contributed by atoms with Crippen LogP contribution in [0.2, 0.25) is 0 Å². The lowest BCUT2D eigenvalue weighted by Gasteiger charge is -2.46. The van der Waals surface area contributed by atoms with E-state index in [1.807, 2.05) is 6.92 Å². The van der Waals surface area contributed by atoms with Crippen LogP contribution in [0.15, 0.2) is 0 Å². The van der Waals surface area contributed by atoms with E-state index in [9.17, 15) is 21.6 Å². The zero-order chi connectivity index (χ0) is 20.3. The Bertz CT molecular complexity index is 818. The molecule has 0 N–H and O–H groups in total. The van der Waals surface area contributed by atoms with Crippen LogP contribution in [0.3, 0.4) is 0 Å². The van der Waals surface area contributed by atoms with Gasteiger partial charge < -0.3 is 4.90 Å². The van der Waals surface area contributed by atoms with E-state index in [0.29, 0.717) is 52.0 Å². The van der Waals surface area contributed by atoms with Crippen LogP contribution in [0, 0.1) is 10.8 Å². The van der Waals surface area contributed by atoms with Gasteiger partial charge in [-0.2, -0.15) is 17.0 Å². The van der Waals surface area contributed by atoms with E-state index in [1.165, 1.54) is 33.3 Å². The zero-order valence-corrected chi connectivity index (χ0v) is 18.1. The van der Waals surface area contributed by atoms with Crippen molar-refractivity contribution in [3.05, 3.63) is 0 Å². The molecule has 0 bridgehead atoms. The number of fused-ring (bicyclic) bond motifs is 1. The number of nitrogens with zero attached hydrogens (tertiary/aromatic N) is 4. The van der Waals surface area contributed by atoms with Gasteiger partial charge in [-0.25, -0.2) is 12.7 Å². The third kappa shape index (κ3) is 3.11. The molecule has 2 spiro atoms. The average Bonchev–Trinajstić information content (AvgIpc) is 3.08. The lowest BCUT2D eigenvalue weighted by Crippen LogP contribution is -2.54. The van der Waals surface area contributed by atoms with Gasteiger partial charge in [-0.15, -0.1) is 0 Å². The Morgan fingerprint density at radius 3 is 2.00 bits per heavy atom. The first-order chi connectivity index (χ1) is 12.4. The number of hydrogen-bond acceptors (Lipinski definition) is 5. The molecule has 1 amide bonds. The fourth-order valence-electron chi connectivity index (χ4n) is 5.04. The van der Waals surface area contributed by atoms with Crippen LogP contribution < -0.4 is 0 Å². The lowest BCUT2D eigenvalue weighted by atomic mass is 9.60. The molecular weight excluding hydrogens is 392 g/mol. The van der Waals surface area contributed by atoms with Crippen molar-refractivity contribution in [2.75, 3.05) is 59.6 Å². The summed E-state index contributed by atoms with van der Waals surface area (Å²) in [7, 11) is -3.93. The molecule has 3 saturated heterocycles. The predicted molar refractivity (Wildman–Crippen MR) is 102 cm³/mol. The van der Waals surface area contributed by atoms with Gasteiger partial charge in [0.1, 0.15) is 0 Å². The molecule has 0 radical (unpaired) electrons. The molecule has 156 valence electrons. The first-order valence-electron chi connectivity index (χ1n) is 9.32. The maximum Gasteiger partial charge on any atom is 0.281 e. The summed E-state index contributed by atoms with van der Waals surface area (Å²) in [4.78, 5) is 15.1. The SMILES string of the molecule is CCN1CCC2(CN(S(C)(=O)=O)CC23CCN(S(=O)(=O)N(C)C)CC3)C1=O. The predicted octanol–water partition coefficient (Wildman–Crippen LogP) is -0.611. The quantitative estimate of drug-likeness (QED) is 0.602. The lowest BCUT2D eigenvalue weighted by molar-refractivity contribution is -0.141. The molecule has 3 aliphatic heterocycles. The molecule has 1 unspecified atom stereocenters. The second-order valence-corrected chi connectivity index (χ2v) is 12.3. The number of likely N-dealkylation sites (tertiary alicyclic amines) is 1. The molecule has 27 heavy (non-hydrogen) atoms. The van der Waals surface area contributed by atoms with Gasteiger partial charge in [0.15, 0.2) is 0 Å². The number of rotatable bonds is 4. The molecule has 0 aromatic heterocycles. The van der Waals surface area contributed by atoms with Gasteiger partial charge in [0.2, 0.25) is 15.9 Å². The monoisotopic (exact) mass is 422 g/mol. The highest BCUT2D eigenvalue weighted by molar-refractivity contribution is 7.88. The fraction of sp³-hybridized carbons (Fsp3) is 0.938. The number of carbonyl (C=O) groups excluding carboxylic acids is 1. The molecule has 0 aromatic rings. The van der Waals surface area contributed by atoms with Crippen LogP contribution in [-0.2, 0) is 25.0 Å². The van der Waals surface area contributed by atoms with Crippen molar-refractivity contribution >= 4 is 26.1 Å². The van der Waals surface area contributed by atoms with Crippen molar-refractivity contribution in [1.82, 2.24) is 17.8 Å². The topological polar surface area (TPSA) is 98.3 Å². The zero-order valence-electron chi connectivity index (χ0n) is 16.5. The Labute approximate surface area is 162 Å². The molecule has 9 nitrogen and oxygen atoms in total. The second-order valence-electron chi connectivity index (χ2n) is 8.22. The minimum atomic E-state index is -3.51. The molecule has 11 heteroatoms. The van der Waals surface area contributed by atoms with E-state index < -0.39 is 31.1 Å². The number of carbonyl (C=O) groups is 1. The van der Waals surface area contributed by atoms with Crippen LogP contribution >= 0.6 is 0 Å². The first kappa shape index (κ1) is 21.0. The third-order valence-electron chi connectivity index (χ3n) is 6.76. The molecule has 3 heterocycles. The Hall–Kier alpha value is -0.750. The van der Waals surface area contributed by atoms with E-state index in [2.05, 4.69) is 0 Å². The van der Waals surface area contributed by atoms with Crippen LogP contribution in [0.25, 0.3) is 0 Å². The van der Waals surface area contributed by atoms with E-state index in [4.69, 9.17) is 0 Å². The molecule has 3 fully saturated rings. The Balaban J connectivity index is 1.94. The van der Waals surface area contributed by atoms with E-state index in [0.717, 1.165) is 0 Å². The Morgan fingerprint density at radius 2 is 1.56 bits per heavy atom. The van der Waals surface area contributed by atoms with Crippen molar-refractivity contribution in [3.8, 4) is 0 Å². The van der Waals surface area contributed by atoms with Crippen LogP contribution in [0.1, 0.15) is 26.2 Å². The van der Waals surface area contributed by atoms with Gasteiger partial charge in [0, 0.05) is 58.8 Å². The molecule has 3 aliphatic rings. The van der Waals surface area contributed by atoms with Crippen molar-refractivity contribution in [2.45, 2.75) is 26.2 Å². The van der Waals surface area contributed by atoms with Crippen LogP contribution in [0.4, 0.5) is 0 Å². The minimum Gasteiger partial charge on any atom is -0.342 e. The number of piperidine rings is 1. The van der Waals surface area contributed by atoms with Crippen molar-refractivity contribution < 1.29 is 21.6 Å². The summed E-state index contributed by atoms with van der Waals surface area (Å²) < 4.78 is 53.5. The van der Waals surface area contributed by atoms with Crippen LogP contribution in [0.5, 0.6) is 0 Å². The summed E-state index contributed by atoms with van der Waals surface area (Å²) in [5.41, 5.74) is -1.24. The van der Waals surface area contributed by atoms with Gasteiger partial charge in [-0.05, 0) is 26.2 Å². The highest BCUT2D eigenvalue weighted by Gasteiger charge is 2.66. The molecule has 1 atom stereocenters. The van der Waals surface area contributed by atoms with E-state index >= 15 is 0 Å². The van der Waals surface area contributed by atoms with Crippen molar-refractivity contribution in [3.63, 3.8) is 0 Å². The minimum absolute atomic E-state index is 0.0278. The standard InChI is InChI=1S/C16H30N4O5S2/c1-5-18-9-8-16(14(18)21)13-20(26(4,22)23)12-15(16)6-10-19(11-7-15)27(24,25)17(2)3/h5-13H2,1-4H3. The normalized spacial score (nSPS) is 30.3. The fourth-order valence-corrected chi connectivity index (χ4v) is 7.08. The summed E-state index contributed by atoms with van der Waals surface area (Å²) >= 11 is 0. The van der Waals surface area contributed by atoms with Crippen molar-refractivity contribution in [2.24, 2.45) is 10.8 Å². The molecule has 0 aromatic carbocycles. The third-order valence-corrected chi connectivity index (χ3v) is 9.90. The summed E-state index contributed by atoms with van der Waals surface area (Å²) in [6.07, 6.45) is 2.80. The number of amides is 1. The van der Waals surface area contributed by atoms with E-state index in [1.54, 1.807) is 4.90 Å². The van der Waals surface area contributed by atoms with Gasteiger partial charge in [0.25, 0.3) is 10.2 Å². The highest BCUT2D eigenvalue weighted by atomic mass is 32.2. The average molecular weight is 423 g/mol. The molecule has 0 aliphatic carbocycles. The largest absolute Gasteiger partial charge is 0.342 e. The van der Waals surface area contributed by atoms with Gasteiger partial charge in [-0.3, -0.25) is 4.79 Å². The maximum atomic E-state index is 13.3. The summed E-state index contributed by atoms with van der Waals surface area (Å²) in [5, 5.41) is 0. The summed E-state index contributed by atoms with van der Waals surface area (Å²) in [6.45, 7) is 4.29. The summed E-state index contributed by atoms with van der Waals surface area (Å²) in [6, 6.07) is 0. The maximum absolute atomic E-state index is 13.3. The summed E-state index contributed by atoms with van der Waals surface area (Å²) in [5.74, 6) is 0.0278. The second kappa shape index (κ2) is 6.65. The van der Waals surface area contributed by atoms with Crippen LogP contribution in [-0.4, -0.2) is 100 Å².